The number of fused-ring (bicyclic) bond motifs is 10. The van der Waals surface area contributed by atoms with Gasteiger partial charge in [0, 0.05) is 72.0 Å². The van der Waals surface area contributed by atoms with Gasteiger partial charge < -0.3 is 54.5 Å². The highest BCUT2D eigenvalue weighted by Crippen LogP contribution is 2.37. The Hall–Kier alpha value is -7.97. The molecule has 1 aliphatic carbocycles. The van der Waals surface area contributed by atoms with Crippen LogP contribution in [0.5, 0.6) is 0 Å². The van der Waals surface area contributed by atoms with Crippen LogP contribution in [0.4, 0.5) is 24.0 Å². The summed E-state index contributed by atoms with van der Waals surface area (Å²) in [6.07, 6.45) is 10.3. The van der Waals surface area contributed by atoms with Crippen molar-refractivity contribution >= 4 is 127 Å². The van der Waals surface area contributed by atoms with Gasteiger partial charge in [0.15, 0.2) is 15.4 Å². The number of hydrogen-bond acceptors (Lipinski definition) is 39. The smallest absolute Gasteiger partial charge is 0.418 e. The largest absolute Gasteiger partial charge is 0.479 e. The molecule has 15 amide bonds. The van der Waals surface area contributed by atoms with Crippen LogP contribution in [0.3, 0.4) is 0 Å². The molecule has 0 aromatic rings. The van der Waals surface area contributed by atoms with Crippen molar-refractivity contribution < 1.29 is 191 Å². The van der Waals surface area contributed by atoms with Crippen LogP contribution in [0.1, 0.15) is 117 Å². The lowest BCUT2D eigenvalue weighted by Crippen LogP contribution is -2.52. The fourth-order valence-corrected chi connectivity index (χ4v) is 19.1. The van der Waals surface area contributed by atoms with Crippen LogP contribution in [-0.2, 0) is 150 Å². The van der Waals surface area contributed by atoms with Gasteiger partial charge in [0.1, 0.15) is 30.2 Å². The van der Waals surface area contributed by atoms with E-state index < -0.39 is 194 Å². The molecule has 14 rings (SSSR count). The molecule has 1 unspecified atom stereocenters. The fraction of sp³-hybridized carbons (Fsp3) is 0.828. The van der Waals surface area contributed by atoms with Gasteiger partial charge in [0.25, 0.3) is 29.5 Å². The van der Waals surface area contributed by atoms with Crippen molar-refractivity contribution in [2.24, 2.45) is 0 Å². The number of rotatable bonds is 37. The number of hydrogen-bond donors (Lipinski definition) is 13. The Labute approximate surface area is 744 Å². The molecule has 14 fully saturated rings. The summed E-state index contributed by atoms with van der Waals surface area (Å²) in [6.45, 7) is 9.28. The number of ether oxygens (including phenoxy) is 3. The first kappa shape index (κ1) is 104. The molecule has 66 heteroatoms. The third-order valence-electron chi connectivity index (χ3n) is 22.5. The lowest BCUT2D eigenvalue weighted by molar-refractivity contribution is -0.176. The zero-order valence-corrected chi connectivity index (χ0v) is 74.8. The molecule has 740 valence electrons. The number of carboxylic acid groups (broad SMARTS) is 1. The number of aliphatic carboxylic acids is 1. The minimum Gasteiger partial charge on any atom is -0.479 e. The number of carbonyl (C=O) groups excluding carboxylic acids is 10. The first-order chi connectivity index (χ1) is 61.0. The van der Waals surface area contributed by atoms with Crippen LogP contribution in [0.2, 0.25) is 0 Å². The summed E-state index contributed by atoms with van der Waals surface area (Å²) in [4.78, 5) is 166. The van der Waals surface area contributed by atoms with Gasteiger partial charge in [-0.1, -0.05) is 19.3 Å². The first-order valence-electron chi connectivity index (χ1n) is 40.9. The minimum absolute atomic E-state index is 0.0226. The van der Waals surface area contributed by atoms with Gasteiger partial charge >= 0.3 is 88.1 Å². The van der Waals surface area contributed by atoms with Crippen molar-refractivity contribution in [1.29, 1.82) is 0 Å². The van der Waals surface area contributed by atoms with Gasteiger partial charge in [-0.2, -0.15) is 67.4 Å². The average Bonchev–Trinajstić information content (AvgIpc) is 1.67. The number of carbonyl (C=O) groups is 11. The van der Waals surface area contributed by atoms with E-state index in [1.54, 1.807) is 0 Å². The lowest BCUT2D eigenvalue weighted by atomic mass is 9.98. The van der Waals surface area contributed by atoms with E-state index in [1.165, 1.54) is 47.8 Å². The molecule has 1 saturated carbocycles. The Morgan fingerprint density at radius 2 is 0.662 bits per heavy atom. The first-order valence-corrected chi connectivity index (χ1v) is 49.6. The zero-order chi connectivity index (χ0) is 95.0. The molecule has 0 radical (unpaired) electrons. The maximum absolute atomic E-state index is 12.3. The molecule has 13 heterocycles. The molecular formula is C64H106N18O42S6. The van der Waals surface area contributed by atoms with E-state index in [0.717, 1.165) is 55.2 Å². The van der Waals surface area contributed by atoms with Crippen molar-refractivity contribution in [2.45, 2.75) is 201 Å². The molecule has 13 saturated heterocycles. The quantitative estimate of drug-likeness (QED) is 0.0156. The molecule has 0 aromatic carbocycles. The van der Waals surface area contributed by atoms with Crippen molar-refractivity contribution in [1.82, 2.24) is 92.7 Å². The van der Waals surface area contributed by atoms with Gasteiger partial charge in [-0.15, -0.1) is 21.4 Å². The molecule has 0 aromatic heterocycles. The minimum atomic E-state index is -4.87. The van der Waals surface area contributed by atoms with E-state index in [2.05, 4.69) is 54.0 Å². The number of sulfone groups is 1. The molecule has 11 atom stereocenters. The molecule has 0 spiro atoms. The maximum atomic E-state index is 12.3. The topological polar surface area (TPSA) is 754 Å². The Balaban J connectivity index is 0.000000169. The molecule has 60 nitrogen and oxygen atoms in total. The number of carboxylic acids is 1. The number of piperidine rings is 5. The van der Waals surface area contributed by atoms with E-state index in [-0.39, 0.29) is 108 Å². The molecule has 130 heavy (non-hydrogen) atoms. The van der Waals surface area contributed by atoms with Gasteiger partial charge in [0.2, 0.25) is 0 Å². The molecule has 13 N–H and O–H groups in total. The van der Waals surface area contributed by atoms with Gasteiger partial charge in [-0.3, -0.25) is 75.8 Å². The monoisotopic (exact) mass is 1990 g/mol. The Morgan fingerprint density at radius 3 is 0.938 bits per heavy atom. The summed E-state index contributed by atoms with van der Waals surface area (Å²) >= 11 is 0. The van der Waals surface area contributed by atoms with Crippen molar-refractivity contribution in [3.05, 3.63) is 0 Å². The van der Waals surface area contributed by atoms with Crippen LogP contribution in [0, 0.1) is 0 Å². The summed E-state index contributed by atoms with van der Waals surface area (Å²) in [5.41, 5.74) is 9.48. The second kappa shape index (κ2) is 45.4. The Bertz CT molecular complexity index is 4740. The summed E-state index contributed by atoms with van der Waals surface area (Å²) in [6, 6.07) is -11.1. The van der Waals surface area contributed by atoms with Gasteiger partial charge in [-0.05, 0) is 104 Å². The highest BCUT2D eigenvalue weighted by molar-refractivity contribution is 7.91. The average molecular weight is 1990 g/mol. The Morgan fingerprint density at radius 1 is 0.377 bits per heavy atom. The summed E-state index contributed by atoms with van der Waals surface area (Å²) < 4.78 is 213. The van der Waals surface area contributed by atoms with E-state index >= 15 is 0 Å². The standard InChI is InChI=1S/C15H25N3O8S.C13H22N4O9S2.C13H22N4O8S.C12H20N4O8S.C11H17N3O9S/c19-14(16-25-9-8-24-12-4-2-1-3-5-12)13-7-6-11-10-17(13)15(20)18(11)26-27(21,22)23;18-12(14-25-6-3-15-4-7-27(20,21)8-5-15)11-2-1-10-9-16(11)13(19)17(10)26-28(22,23)24;18-12(15-24-6-5-23-10-3-4-14-7-10)11-2-1-9-8-16(11)13(19)17(9)25-26(20,21)22;17-11(14-23-4-3-22-9-5-13-6-9)10-2-1-8-7-15(10)12(18)16(8)24-25(19,20)21;1-11(2,9(16)17)22-12-8(15)7-4-3-6-5-13(7)10(18)14(6)23-24(19,20)21/h11-13H,1-10H2,(H,16,19)(H,21,22,23);10-11H,1-9H2,(H,14,18)(H,22,23,24);9-11,14H,1-8H2,(H,15,18)(H,20,21,22);8-10,13H,1-7H2,(H,14,17)(H,19,20,21);6-7H,3-5H2,1-2H3,(H,12,15)(H,16,17)(H,19,20,21)/t11-,13+;10-,11+;9-,10?,11+;8-,10+;6-,7+/m11111/s1. The SMILES string of the molecule is CC(C)(ONC(=O)[C@@H]1CC[C@@H]2CN1C(=O)N2OS(=O)(=O)O)C(=O)O.O=C(NOCCN1CCS(=O)(=O)CC1)[C@@H]1CC[C@@H]2CN1C(=O)N2OS(=O)(=O)O.O=C(NOCCOC1CCCCC1)[C@@H]1CC[C@@H]2CN1C(=O)N2OS(=O)(=O)O.O=C(NOCCOC1CCNC1)[C@@H]1CC[C@@H]2CN1C(=O)N2OS(=O)(=O)O.O=C(NOCCOC1CNC1)[C@@H]1CC[C@@H]2CN1C(=O)N2OS(=O)(=O)O. The second-order valence-corrected chi connectivity index (χ2v) is 39.3. The van der Waals surface area contributed by atoms with Crippen LogP contribution in [0.15, 0.2) is 0 Å². The molecule has 14 aliphatic rings. The predicted molar refractivity (Wildman–Crippen MR) is 422 cm³/mol. The summed E-state index contributed by atoms with van der Waals surface area (Å²) in [7, 11) is -27.1. The van der Waals surface area contributed by atoms with Crippen LogP contribution >= 0.6 is 0 Å². The van der Waals surface area contributed by atoms with Crippen LogP contribution in [0.25, 0.3) is 0 Å². The molecule has 10 bridgehead atoms. The zero-order valence-electron chi connectivity index (χ0n) is 69.9. The van der Waals surface area contributed by atoms with E-state index in [0.29, 0.717) is 110 Å². The number of urea groups is 5. The number of nitrogens with zero attached hydrogens (tertiary/aromatic N) is 11. The van der Waals surface area contributed by atoms with Crippen molar-refractivity contribution in [3.8, 4) is 0 Å². The van der Waals surface area contributed by atoms with Gasteiger partial charge in [-0.25, -0.2) is 64.6 Å². The van der Waals surface area contributed by atoms with Crippen LogP contribution < -0.4 is 38.0 Å². The third kappa shape index (κ3) is 30.0. The van der Waals surface area contributed by atoms with Gasteiger partial charge in [0.05, 0.1) is 106 Å². The lowest BCUT2D eigenvalue weighted by Gasteiger charge is -2.30. The Kier molecular flexibility index (Phi) is 36.3. The van der Waals surface area contributed by atoms with Crippen LogP contribution in [-0.4, -0.2) is 419 Å². The normalized spacial score (nSPS) is 26.8. The predicted octanol–water partition coefficient (Wildman–Crippen LogP) is -6.50. The third-order valence-corrected chi connectivity index (χ3v) is 25.8. The highest BCUT2D eigenvalue weighted by Gasteiger charge is 2.55. The van der Waals surface area contributed by atoms with Crippen molar-refractivity contribution in [2.75, 3.05) is 136 Å². The number of nitrogens with one attached hydrogen (secondary N) is 7. The molecule has 13 aliphatic heterocycles. The number of hydroxylamine groups is 15. The molecular weight excluding hydrogens is 1890 g/mol. The summed E-state index contributed by atoms with van der Waals surface area (Å²) in [5.74, 6) is -3.90. The fourth-order valence-electron chi connectivity index (χ4n) is 15.9. The summed E-state index contributed by atoms with van der Waals surface area (Å²) in [5, 5.41) is 18.0. The second-order valence-electron chi connectivity index (χ2n) is 32.0. The maximum Gasteiger partial charge on any atom is 0.418 e. The van der Waals surface area contributed by atoms with E-state index in [4.69, 9.17) is 66.3 Å². The number of amides is 15. The highest BCUT2D eigenvalue weighted by atomic mass is 32.3. The van der Waals surface area contributed by atoms with E-state index in [1.807, 2.05) is 10.4 Å². The van der Waals surface area contributed by atoms with Crippen molar-refractivity contribution in [3.63, 3.8) is 0 Å². The van der Waals surface area contributed by atoms with E-state index in [9.17, 15) is 103 Å².